The van der Waals surface area contributed by atoms with Gasteiger partial charge in [-0.3, -0.25) is 4.79 Å². The van der Waals surface area contributed by atoms with Crippen molar-refractivity contribution in [1.82, 2.24) is 14.6 Å². The molecule has 9 heteroatoms. The van der Waals surface area contributed by atoms with Gasteiger partial charge in [0.2, 0.25) is 10.0 Å². The third kappa shape index (κ3) is 4.89. The molecule has 0 spiro atoms. The van der Waals surface area contributed by atoms with Gasteiger partial charge in [-0.25, -0.2) is 13.4 Å². The van der Waals surface area contributed by atoms with Crippen molar-refractivity contribution in [2.75, 3.05) is 0 Å². The van der Waals surface area contributed by atoms with E-state index in [0.29, 0.717) is 11.3 Å². The predicted octanol–water partition coefficient (Wildman–Crippen LogP) is 3.61. The van der Waals surface area contributed by atoms with Gasteiger partial charge in [-0.2, -0.15) is 4.31 Å². The molecule has 2 aromatic heterocycles. The van der Waals surface area contributed by atoms with E-state index in [4.69, 9.17) is 16.0 Å². The molecule has 0 saturated heterocycles. The van der Waals surface area contributed by atoms with E-state index in [0.717, 1.165) is 18.4 Å². The van der Waals surface area contributed by atoms with E-state index in [-0.39, 0.29) is 35.1 Å². The Balaban J connectivity index is 1.56. The van der Waals surface area contributed by atoms with Gasteiger partial charge >= 0.3 is 0 Å². The zero-order chi connectivity index (χ0) is 21.1. The fraction of sp³-hybridized carbons (Fsp3) is 0.238. The maximum absolute atomic E-state index is 13.2. The number of rotatable bonds is 8. The minimum absolute atomic E-state index is 0.0406. The first-order chi connectivity index (χ1) is 14.4. The number of amides is 1. The van der Waals surface area contributed by atoms with E-state index in [2.05, 4.69) is 10.3 Å². The molecule has 3 aromatic rings. The topological polar surface area (TPSA) is 92.5 Å². The van der Waals surface area contributed by atoms with Crippen molar-refractivity contribution in [3.05, 3.63) is 83.0 Å². The molecule has 0 aliphatic heterocycles. The molecule has 0 radical (unpaired) electrons. The Bertz CT molecular complexity index is 1110. The summed E-state index contributed by atoms with van der Waals surface area (Å²) in [6.45, 7) is 0.165. The van der Waals surface area contributed by atoms with Crippen LogP contribution in [0.3, 0.4) is 0 Å². The van der Waals surface area contributed by atoms with E-state index in [9.17, 15) is 13.2 Å². The molecule has 1 amide bonds. The maximum atomic E-state index is 13.2. The summed E-state index contributed by atoms with van der Waals surface area (Å²) < 4.78 is 33.1. The maximum Gasteiger partial charge on any atom is 0.251 e. The Morgan fingerprint density at radius 1 is 1.13 bits per heavy atom. The van der Waals surface area contributed by atoms with Crippen LogP contribution in [-0.4, -0.2) is 29.7 Å². The summed E-state index contributed by atoms with van der Waals surface area (Å²) in [5, 5.41) is 3.15. The normalized spacial score (nSPS) is 14.1. The smallest absolute Gasteiger partial charge is 0.251 e. The van der Waals surface area contributed by atoms with E-state index < -0.39 is 10.0 Å². The number of hydrogen-bond acceptors (Lipinski definition) is 5. The monoisotopic (exact) mass is 445 g/mol. The van der Waals surface area contributed by atoms with Crippen LogP contribution in [-0.2, 0) is 23.1 Å². The lowest BCUT2D eigenvalue weighted by Crippen LogP contribution is -2.30. The van der Waals surface area contributed by atoms with Crippen molar-refractivity contribution >= 4 is 27.5 Å². The second-order valence-corrected chi connectivity index (χ2v) is 9.44. The van der Waals surface area contributed by atoms with Crippen LogP contribution in [0.15, 0.2) is 70.3 Å². The van der Waals surface area contributed by atoms with Crippen LogP contribution in [0.25, 0.3) is 0 Å². The van der Waals surface area contributed by atoms with Gasteiger partial charge < -0.3 is 9.73 Å². The van der Waals surface area contributed by atoms with Gasteiger partial charge in [-0.15, -0.1) is 0 Å². The number of aromatic nitrogens is 1. The van der Waals surface area contributed by atoms with E-state index in [1.807, 2.05) is 0 Å². The summed E-state index contributed by atoms with van der Waals surface area (Å²) in [4.78, 5) is 16.1. The second-order valence-electron chi connectivity index (χ2n) is 7.11. The van der Waals surface area contributed by atoms with Crippen molar-refractivity contribution in [3.63, 3.8) is 0 Å². The fourth-order valence-electron chi connectivity index (χ4n) is 2.93. The van der Waals surface area contributed by atoms with E-state index >= 15 is 0 Å². The number of carbonyl (C=O) groups excluding carboxylic acids is 1. The van der Waals surface area contributed by atoms with Crippen molar-refractivity contribution in [1.29, 1.82) is 0 Å². The summed E-state index contributed by atoms with van der Waals surface area (Å²) in [7, 11) is -3.85. The Morgan fingerprint density at radius 2 is 1.90 bits per heavy atom. The summed E-state index contributed by atoms with van der Waals surface area (Å²) >= 11 is 5.79. The van der Waals surface area contributed by atoms with Gasteiger partial charge in [-0.05, 0) is 54.8 Å². The molecule has 7 nitrogen and oxygen atoms in total. The molecule has 2 heterocycles. The van der Waals surface area contributed by atoms with Crippen LogP contribution in [0.1, 0.15) is 34.5 Å². The molecule has 1 fully saturated rings. The average molecular weight is 446 g/mol. The number of carbonyl (C=O) groups is 1. The number of pyridine rings is 1. The number of nitrogens with one attached hydrogen (secondary N) is 1. The number of furan rings is 1. The van der Waals surface area contributed by atoms with Crippen LogP contribution in [0.2, 0.25) is 5.15 Å². The summed E-state index contributed by atoms with van der Waals surface area (Å²) in [5.74, 6) is 0.400. The van der Waals surface area contributed by atoms with Crippen molar-refractivity contribution in [2.45, 2.75) is 36.9 Å². The second kappa shape index (κ2) is 8.59. The molecule has 1 aromatic carbocycles. The third-order valence-corrected chi connectivity index (χ3v) is 6.74. The van der Waals surface area contributed by atoms with Gasteiger partial charge in [0.25, 0.3) is 5.91 Å². The lowest BCUT2D eigenvalue weighted by atomic mass is 10.1. The highest BCUT2D eigenvalue weighted by Gasteiger charge is 2.27. The van der Waals surface area contributed by atoms with Gasteiger partial charge in [-0.1, -0.05) is 23.7 Å². The molecule has 1 aliphatic rings. The van der Waals surface area contributed by atoms with Crippen LogP contribution < -0.4 is 5.32 Å². The van der Waals surface area contributed by atoms with E-state index in [1.54, 1.807) is 36.4 Å². The van der Waals surface area contributed by atoms with Crippen LogP contribution in [0, 0.1) is 0 Å². The van der Waals surface area contributed by atoms with Crippen molar-refractivity contribution in [3.8, 4) is 0 Å². The minimum Gasteiger partial charge on any atom is -0.468 e. The Morgan fingerprint density at radius 3 is 2.50 bits per heavy atom. The van der Waals surface area contributed by atoms with Crippen molar-refractivity contribution in [2.24, 2.45) is 0 Å². The van der Waals surface area contributed by atoms with Gasteiger partial charge in [0.15, 0.2) is 0 Å². The Hall–Kier alpha value is -2.68. The highest BCUT2D eigenvalue weighted by atomic mass is 35.5. The first-order valence-corrected chi connectivity index (χ1v) is 11.3. The van der Waals surface area contributed by atoms with Crippen LogP contribution in [0.4, 0.5) is 0 Å². The fourth-order valence-corrected chi connectivity index (χ4v) is 4.38. The van der Waals surface area contributed by atoms with Gasteiger partial charge in [0.1, 0.15) is 15.8 Å². The van der Waals surface area contributed by atoms with Crippen LogP contribution >= 0.6 is 11.6 Å². The zero-order valence-corrected chi connectivity index (χ0v) is 17.6. The van der Waals surface area contributed by atoms with Gasteiger partial charge in [0, 0.05) is 24.3 Å². The van der Waals surface area contributed by atoms with Gasteiger partial charge in [0.05, 0.1) is 12.8 Å². The molecule has 156 valence electrons. The number of benzene rings is 1. The summed E-state index contributed by atoms with van der Waals surface area (Å²) in [6.07, 6.45) is 4.77. The molecule has 4 rings (SSSR count). The summed E-state index contributed by atoms with van der Waals surface area (Å²) in [6, 6.07) is 13.5. The summed E-state index contributed by atoms with van der Waals surface area (Å²) in [5.41, 5.74) is 1.29. The molecular weight excluding hydrogens is 426 g/mol. The number of halogens is 1. The Kier molecular flexibility index (Phi) is 5.90. The molecule has 0 atom stereocenters. The molecule has 1 aliphatic carbocycles. The third-order valence-electron chi connectivity index (χ3n) is 4.74. The standard InChI is InChI=1S/C21H20ClN3O4S/c22-20-10-9-19(12-23-20)30(27,28)25(14-18-2-1-11-29-18)13-15-3-5-16(6-4-15)21(26)24-17-7-8-17/h1-6,9-12,17H,7-8,13-14H2,(H,24,26). The number of sulfonamides is 1. The largest absolute Gasteiger partial charge is 0.468 e. The van der Waals surface area contributed by atoms with Crippen molar-refractivity contribution < 1.29 is 17.6 Å². The zero-order valence-electron chi connectivity index (χ0n) is 16.0. The average Bonchev–Trinajstić information content (AvgIpc) is 3.40. The molecule has 30 heavy (non-hydrogen) atoms. The Labute approximate surface area is 179 Å². The molecule has 1 saturated carbocycles. The lowest BCUT2D eigenvalue weighted by molar-refractivity contribution is 0.0951. The minimum atomic E-state index is -3.85. The first-order valence-electron chi connectivity index (χ1n) is 9.46. The molecule has 0 unspecified atom stereocenters. The molecule has 1 N–H and O–H groups in total. The number of hydrogen-bond donors (Lipinski definition) is 1. The van der Waals surface area contributed by atoms with E-state index in [1.165, 1.54) is 28.9 Å². The first kappa shape index (κ1) is 20.6. The highest BCUT2D eigenvalue weighted by molar-refractivity contribution is 7.89. The SMILES string of the molecule is O=C(NC1CC1)c1ccc(CN(Cc2ccco2)S(=O)(=O)c2ccc(Cl)nc2)cc1. The number of nitrogens with zero attached hydrogens (tertiary/aromatic N) is 2. The lowest BCUT2D eigenvalue weighted by Gasteiger charge is -2.21. The highest BCUT2D eigenvalue weighted by Crippen LogP contribution is 2.23. The quantitative estimate of drug-likeness (QED) is 0.534. The van der Waals surface area contributed by atoms with Crippen LogP contribution in [0.5, 0.6) is 0 Å². The predicted molar refractivity (Wildman–Crippen MR) is 111 cm³/mol. The molecule has 0 bridgehead atoms. The molecular formula is C21H20ClN3O4S.